The number of hydrogen-bond acceptors (Lipinski definition) is 3. The number of carbonyl (C=O) groups excluding carboxylic acids is 1. The number of carboxylic acid groups (broad SMARTS) is 1. The van der Waals surface area contributed by atoms with E-state index in [1.807, 2.05) is 14.0 Å². The molecule has 18 heavy (non-hydrogen) atoms. The molecule has 2 amide bonds. The summed E-state index contributed by atoms with van der Waals surface area (Å²) in [6.07, 6.45) is 0.880. The fourth-order valence-corrected chi connectivity index (χ4v) is 1.58. The van der Waals surface area contributed by atoms with Crippen LogP contribution in [0.1, 0.15) is 20.3 Å². The molecule has 0 aromatic rings. The molecule has 0 aliphatic rings. The molecule has 0 aliphatic carbocycles. The van der Waals surface area contributed by atoms with Gasteiger partial charge in [-0.25, -0.2) is 4.79 Å². The van der Waals surface area contributed by atoms with Crippen LogP contribution >= 0.6 is 0 Å². The SMILES string of the molecule is CCN(CC(C)C(=O)O)C(=O)N(C)CCCNC. The van der Waals surface area contributed by atoms with Crippen molar-refractivity contribution in [2.45, 2.75) is 20.3 Å². The van der Waals surface area contributed by atoms with Gasteiger partial charge in [0.25, 0.3) is 0 Å². The number of carbonyl (C=O) groups is 2. The molecule has 0 aliphatic heterocycles. The van der Waals surface area contributed by atoms with Gasteiger partial charge in [-0.2, -0.15) is 0 Å². The van der Waals surface area contributed by atoms with E-state index in [1.165, 1.54) is 0 Å². The lowest BCUT2D eigenvalue weighted by Crippen LogP contribution is -2.44. The smallest absolute Gasteiger partial charge is 0.319 e. The molecule has 1 atom stereocenters. The van der Waals surface area contributed by atoms with E-state index in [4.69, 9.17) is 5.11 Å². The standard InChI is InChI=1S/C12H25N3O3/c1-5-15(9-10(2)11(16)17)12(18)14(4)8-6-7-13-3/h10,13H,5-9H2,1-4H3,(H,16,17). The first kappa shape index (κ1) is 16.7. The fraction of sp³-hybridized carbons (Fsp3) is 0.833. The zero-order valence-electron chi connectivity index (χ0n) is 11.8. The van der Waals surface area contributed by atoms with Gasteiger partial charge in [-0.15, -0.1) is 0 Å². The minimum atomic E-state index is -0.876. The second-order valence-electron chi connectivity index (χ2n) is 4.44. The Balaban J connectivity index is 4.28. The van der Waals surface area contributed by atoms with Crippen LogP contribution in [-0.2, 0) is 4.79 Å². The summed E-state index contributed by atoms with van der Waals surface area (Å²) in [6, 6.07) is -0.110. The van der Waals surface area contributed by atoms with Crippen LogP contribution in [0, 0.1) is 5.92 Å². The molecule has 0 rings (SSSR count). The van der Waals surface area contributed by atoms with Gasteiger partial charge >= 0.3 is 12.0 Å². The van der Waals surface area contributed by atoms with E-state index < -0.39 is 11.9 Å². The van der Waals surface area contributed by atoms with Gasteiger partial charge in [-0.1, -0.05) is 6.92 Å². The molecule has 0 aromatic heterocycles. The summed E-state index contributed by atoms with van der Waals surface area (Å²) in [5.74, 6) is -1.42. The minimum absolute atomic E-state index is 0.110. The Hall–Kier alpha value is -1.30. The number of carboxylic acids is 1. The van der Waals surface area contributed by atoms with Crippen LogP contribution in [0.4, 0.5) is 4.79 Å². The Morgan fingerprint density at radius 3 is 2.44 bits per heavy atom. The van der Waals surface area contributed by atoms with Crippen molar-refractivity contribution in [1.29, 1.82) is 0 Å². The Labute approximate surface area is 109 Å². The third-order valence-corrected chi connectivity index (χ3v) is 2.81. The maximum atomic E-state index is 12.1. The molecule has 0 fully saturated rings. The van der Waals surface area contributed by atoms with Crippen molar-refractivity contribution in [1.82, 2.24) is 15.1 Å². The Morgan fingerprint density at radius 1 is 1.39 bits per heavy atom. The van der Waals surface area contributed by atoms with Gasteiger partial charge in [0.2, 0.25) is 0 Å². The quantitative estimate of drug-likeness (QED) is 0.629. The van der Waals surface area contributed by atoms with Gasteiger partial charge in [-0.05, 0) is 26.9 Å². The van der Waals surface area contributed by atoms with E-state index in [2.05, 4.69) is 5.32 Å². The molecule has 106 valence electrons. The summed E-state index contributed by atoms with van der Waals surface area (Å²) in [7, 11) is 3.61. The Kier molecular flexibility index (Phi) is 8.11. The molecule has 0 aromatic carbocycles. The van der Waals surface area contributed by atoms with Crippen molar-refractivity contribution in [3.8, 4) is 0 Å². The van der Waals surface area contributed by atoms with Crippen molar-refractivity contribution in [3.05, 3.63) is 0 Å². The van der Waals surface area contributed by atoms with Crippen molar-refractivity contribution in [2.75, 3.05) is 40.3 Å². The Bertz CT molecular complexity index is 271. The average Bonchev–Trinajstić information content (AvgIpc) is 2.34. The fourth-order valence-electron chi connectivity index (χ4n) is 1.58. The molecule has 2 N–H and O–H groups in total. The van der Waals surface area contributed by atoms with E-state index in [1.54, 1.807) is 23.8 Å². The first-order valence-corrected chi connectivity index (χ1v) is 6.31. The van der Waals surface area contributed by atoms with Gasteiger partial charge in [0.05, 0.1) is 5.92 Å². The normalized spacial score (nSPS) is 12.0. The summed E-state index contributed by atoms with van der Waals surface area (Å²) in [4.78, 5) is 26.1. The maximum Gasteiger partial charge on any atom is 0.319 e. The first-order valence-electron chi connectivity index (χ1n) is 6.31. The monoisotopic (exact) mass is 259 g/mol. The van der Waals surface area contributed by atoms with Gasteiger partial charge in [-0.3, -0.25) is 4.79 Å². The Morgan fingerprint density at radius 2 is 2.00 bits per heavy atom. The zero-order valence-corrected chi connectivity index (χ0v) is 11.8. The zero-order chi connectivity index (χ0) is 14.1. The molecular formula is C12H25N3O3. The van der Waals surface area contributed by atoms with Gasteiger partial charge in [0.15, 0.2) is 0 Å². The van der Waals surface area contributed by atoms with E-state index >= 15 is 0 Å². The number of urea groups is 1. The third-order valence-electron chi connectivity index (χ3n) is 2.81. The summed E-state index contributed by atoms with van der Waals surface area (Å²) < 4.78 is 0. The lowest BCUT2D eigenvalue weighted by atomic mass is 10.2. The predicted octanol–water partition coefficient (Wildman–Crippen LogP) is 0.690. The molecule has 0 saturated carbocycles. The number of amides is 2. The summed E-state index contributed by atoms with van der Waals surface area (Å²) in [5.41, 5.74) is 0. The van der Waals surface area contributed by atoms with Crippen molar-refractivity contribution < 1.29 is 14.7 Å². The molecule has 0 radical (unpaired) electrons. The lowest BCUT2D eigenvalue weighted by molar-refractivity contribution is -0.141. The van der Waals surface area contributed by atoms with Crippen LogP contribution in [0.3, 0.4) is 0 Å². The molecule has 1 unspecified atom stereocenters. The minimum Gasteiger partial charge on any atom is -0.481 e. The van der Waals surface area contributed by atoms with Gasteiger partial charge in [0.1, 0.15) is 0 Å². The van der Waals surface area contributed by atoms with E-state index in [-0.39, 0.29) is 12.6 Å². The third kappa shape index (κ3) is 5.86. The molecule has 0 saturated heterocycles. The first-order chi connectivity index (χ1) is 8.43. The highest BCUT2D eigenvalue weighted by Gasteiger charge is 2.21. The second kappa shape index (κ2) is 8.74. The molecular weight excluding hydrogens is 234 g/mol. The van der Waals surface area contributed by atoms with E-state index in [0.717, 1.165) is 13.0 Å². The summed E-state index contributed by atoms with van der Waals surface area (Å²) in [5, 5.41) is 11.9. The van der Waals surface area contributed by atoms with Crippen LogP contribution in [0.5, 0.6) is 0 Å². The lowest BCUT2D eigenvalue weighted by Gasteiger charge is -2.28. The number of aliphatic carboxylic acids is 1. The average molecular weight is 259 g/mol. The van der Waals surface area contributed by atoms with Crippen LogP contribution in [0.25, 0.3) is 0 Å². The van der Waals surface area contributed by atoms with Crippen LogP contribution < -0.4 is 5.32 Å². The highest BCUT2D eigenvalue weighted by molar-refractivity contribution is 5.75. The number of nitrogens with zero attached hydrogens (tertiary/aromatic N) is 2. The largest absolute Gasteiger partial charge is 0.481 e. The van der Waals surface area contributed by atoms with Gasteiger partial charge < -0.3 is 20.2 Å². The van der Waals surface area contributed by atoms with E-state index in [9.17, 15) is 9.59 Å². The molecule has 0 spiro atoms. The number of hydrogen-bond donors (Lipinski definition) is 2. The van der Waals surface area contributed by atoms with E-state index in [0.29, 0.717) is 13.1 Å². The number of rotatable bonds is 8. The highest BCUT2D eigenvalue weighted by atomic mass is 16.4. The van der Waals surface area contributed by atoms with Crippen molar-refractivity contribution in [2.24, 2.45) is 5.92 Å². The molecule has 6 heteroatoms. The van der Waals surface area contributed by atoms with Gasteiger partial charge in [0, 0.05) is 26.7 Å². The molecule has 0 heterocycles. The molecule has 0 bridgehead atoms. The topological polar surface area (TPSA) is 72.9 Å². The van der Waals surface area contributed by atoms with Crippen molar-refractivity contribution >= 4 is 12.0 Å². The highest BCUT2D eigenvalue weighted by Crippen LogP contribution is 2.04. The maximum absolute atomic E-state index is 12.1. The summed E-state index contributed by atoms with van der Waals surface area (Å²) >= 11 is 0. The summed E-state index contributed by atoms with van der Waals surface area (Å²) in [6.45, 7) is 5.76. The number of nitrogens with one attached hydrogen (secondary N) is 1. The van der Waals surface area contributed by atoms with Crippen LogP contribution in [0.2, 0.25) is 0 Å². The molecule has 6 nitrogen and oxygen atoms in total. The second-order valence-corrected chi connectivity index (χ2v) is 4.44. The predicted molar refractivity (Wildman–Crippen MR) is 70.6 cm³/mol. The van der Waals surface area contributed by atoms with Crippen LogP contribution in [0.15, 0.2) is 0 Å². The van der Waals surface area contributed by atoms with Crippen molar-refractivity contribution in [3.63, 3.8) is 0 Å². The van der Waals surface area contributed by atoms with Crippen LogP contribution in [-0.4, -0.2) is 67.2 Å².